The smallest absolute Gasteiger partial charge is 0.183 e. The van der Waals surface area contributed by atoms with Gasteiger partial charge < -0.3 is 5.73 Å². The standard InChI is InChI=1S/C21H26N4/c1-12(2)13-7-5-6-8-14(13)18-15-9-10-21(3,4)11-16(15)17-19(22)24-25-20(17)23-18/h5-8,12H,9-11H2,1-4H3,(H3,22,23,24,25). The number of pyridine rings is 1. The lowest BCUT2D eigenvalue weighted by molar-refractivity contribution is 0.317. The zero-order valence-corrected chi connectivity index (χ0v) is 15.5. The number of nitrogens with two attached hydrogens (primary N) is 1. The molecule has 0 spiro atoms. The first-order chi connectivity index (χ1) is 11.9. The number of nitrogens with one attached hydrogen (secondary N) is 1. The fourth-order valence-electron chi connectivity index (χ4n) is 4.12. The van der Waals surface area contributed by atoms with E-state index in [-0.39, 0.29) is 5.41 Å². The summed E-state index contributed by atoms with van der Waals surface area (Å²) in [4.78, 5) is 4.95. The molecule has 2 heterocycles. The van der Waals surface area contributed by atoms with Gasteiger partial charge in [0.2, 0.25) is 0 Å². The monoisotopic (exact) mass is 334 g/mol. The number of rotatable bonds is 2. The Kier molecular flexibility index (Phi) is 3.60. The van der Waals surface area contributed by atoms with Crippen LogP contribution in [0.2, 0.25) is 0 Å². The summed E-state index contributed by atoms with van der Waals surface area (Å²) < 4.78 is 0. The third-order valence-electron chi connectivity index (χ3n) is 5.49. The van der Waals surface area contributed by atoms with Gasteiger partial charge >= 0.3 is 0 Å². The van der Waals surface area contributed by atoms with Crippen molar-refractivity contribution in [2.45, 2.75) is 52.9 Å². The molecule has 0 radical (unpaired) electrons. The molecule has 3 N–H and O–H groups in total. The summed E-state index contributed by atoms with van der Waals surface area (Å²) in [6.07, 6.45) is 3.22. The van der Waals surface area contributed by atoms with Crippen LogP contribution < -0.4 is 5.73 Å². The van der Waals surface area contributed by atoms with Crippen molar-refractivity contribution in [2.24, 2.45) is 5.41 Å². The quantitative estimate of drug-likeness (QED) is 0.704. The van der Waals surface area contributed by atoms with E-state index in [0.29, 0.717) is 11.7 Å². The maximum absolute atomic E-state index is 6.20. The summed E-state index contributed by atoms with van der Waals surface area (Å²) in [6.45, 7) is 9.14. The van der Waals surface area contributed by atoms with E-state index in [1.54, 1.807) is 0 Å². The topological polar surface area (TPSA) is 67.6 Å². The van der Waals surface area contributed by atoms with Crippen LogP contribution in [0.5, 0.6) is 0 Å². The van der Waals surface area contributed by atoms with Crippen LogP contribution in [0.3, 0.4) is 0 Å². The normalized spacial score (nSPS) is 16.4. The number of hydrogen-bond donors (Lipinski definition) is 2. The van der Waals surface area contributed by atoms with E-state index in [2.05, 4.69) is 62.2 Å². The molecule has 130 valence electrons. The highest BCUT2D eigenvalue weighted by atomic mass is 15.2. The van der Waals surface area contributed by atoms with E-state index < -0.39 is 0 Å². The highest BCUT2D eigenvalue weighted by molar-refractivity contribution is 5.93. The van der Waals surface area contributed by atoms with Gasteiger partial charge in [0.1, 0.15) is 5.82 Å². The Hall–Kier alpha value is -2.36. The molecule has 0 aliphatic heterocycles. The number of fused-ring (bicyclic) bond motifs is 3. The predicted molar refractivity (Wildman–Crippen MR) is 104 cm³/mol. The van der Waals surface area contributed by atoms with Crippen molar-refractivity contribution in [2.75, 3.05) is 5.73 Å². The van der Waals surface area contributed by atoms with Gasteiger partial charge in [0, 0.05) is 5.56 Å². The average molecular weight is 334 g/mol. The molecule has 1 aromatic carbocycles. The van der Waals surface area contributed by atoms with Gasteiger partial charge in [0.05, 0.1) is 11.1 Å². The molecule has 4 nitrogen and oxygen atoms in total. The minimum atomic E-state index is 0.278. The van der Waals surface area contributed by atoms with Crippen LogP contribution in [0.25, 0.3) is 22.3 Å². The number of hydrogen-bond acceptors (Lipinski definition) is 3. The van der Waals surface area contributed by atoms with Crippen LogP contribution in [0.1, 0.15) is 56.7 Å². The third kappa shape index (κ3) is 2.60. The van der Waals surface area contributed by atoms with Gasteiger partial charge in [-0.05, 0) is 47.3 Å². The van der Waals surface area contributed by atoms with Crippen molar-refractivity contribution in [1.82, 2.24) is 15.2 Å². The zero-order chi connectivity index (χ0) is 17.8. The molecule has 4 rings (SSSR count). The number of aromatic amines is 1. The van der Waals surface area contributed by atoms with Crippen molar-refractivity contribution in [1.29, 1.82) is 0 Å². The summed E-state index contributed by atoms with van der Waals surface area (Å²) >= 11 is 0. The lowest BCUT2D eigenvalue weighted by Gasteiger charge is -2.33. The summed E-state index contributed by atoms with van der Waals surface area (Å²) in [7, 11) is 0. The van der Waals surface area contributed by atoms with Gasteiger partial charge in [-0.2, -0.15) is 5.10 Å². The Morgan fingerprint density at radius 2 is 1.92 bits per heavy atom. The van der Waals surface area contributed by atoms with Crippen molar-refractivity contribution in [3.8, 4) is 11.3 Å². The van der Waals surface area contributed by atoms with Gasteiger partial charge in [-0.15, -0.1) is 0 Å². The molecule has 0 fully saturated rings. The first-order valence-corrected chi connectivity index (χ1v) is 9.12. The van der Waals surface area contributed by atoms with Gasteiger partial charge in [0.15, 0.2) is 5.65 Å². The summed E-state index contributed by atoms with van der Waals surface area (Å²) in [5.74, 6) is 1.09. The van der Waals surface area contributed by atoms with Crippen LogP contribution in [0, 0.1) is 5.41 Å². The Morgan fingerprint density at radius 3 is 2.68 bits per heavy atom. The molecular weight excluding hydrogens is 308 g/mol. The minimum absolute atomic E-state index is 0.278. The highest BCUT2D eigenvalue weighted by Crippen LogP contribution is 2.43. The van der Waals surface area contributed by atoms with E-state index >= 15 is 0 Å². The molecular formula is C21H26N4. The van der Waals surface area contributed by atoms with E-state index in [4.69, 9.17) is 10.7 Å². The molecule has 0 saturated carbocycles. The predicted octanol–water partition coefficient (Wildman–Crippen LogP) is 4.85. The van der Waals surface area contributed by atoms with E-state index in [9.17, 15) is 0 Å². The van der Waals surface area contributed by atoms with Crippen molar-refractivity contribution >= 4 is 16.9 Å². The molecule has 0 amide bonds. The number of nitrogens with zero attached hydrogens (tertiary/aromatic N) is 2. The van der Waals surface area contributed by atoms with Gasteiger partial charge in [-0.1, -0.05) is 52.0 Å². The first kappa shape index (κ1) is 16.1. The number of H-pyrrole nitrogens is 1. The van der Waals surface area contributed by atoms with Crippen LogP contribution in [-0.4, -0.2) is 15.2 Å². The Balaban J connectivity index is 2.04. The maximum atomic E-state index is 6.20. The summed E-state index contributed by atoms with van der Waals surface area (Å²) in [5.41, 5.74) is 13.6. The molecule has 3 aromatic rings. The van der Waals surface area contributed by atoms with Gasteiger partial charge in [-0.25, -0.2) is 4.98 Å². The molecule has 0 atom stereocenters. The number of nitrogen functional groups attached to an aromatic ring is 1. The third-order valence-corrected chi connectivity index (χ3v) is 5.49. The highest BCUT2D eigenvalue weighted by Gasteiger charge is 2.31. The molecule has 4 heteroatoms. The molecule has 0 saturated heterocycles. The molecule has 0 unspecified atom stereocenters. The first-order valence-electron chi connectivity index (χ1n) is 9.12. The Bertz CT molecular complexity index is 950. The number of benzene rings is 1. The fraction of sp³-hybridized carbons (Fsp3) is 0.429. The Morgan fingerprint density at radius 1 is 1.16 bits per heavy atom. The lowest BCUT2D eigenvalue weighted by Crippen LogP contribution is -2.23. The van der Waals surface area contributed by atoms with Gasteiger partial charge in [-0.3, -0.25) is 5.10 Å². The molecule has 1 aliphatic carbocycles. The minimum Gasteiger partial charge on any atom is -0.384 e. The average Bonchev–Trinajstić information content (AvgIpc) is 2.94. The SMILES string of the molecule is CC(C)c1ccccc1-c1nc2n[nH]c(N)c2c2c1CCC(C)(C)C2. The van der Waals surface area contributed by atoms with Crippen molar-refractivity contribution in [3.63, 3.8) is 0 Å². The number of aromatic nitrogens is 3. The Labute approximate surface area is 148 Å². The van der Waals surface area contributed by atoms with E-state index in [1.165, 1.54) is 28.7 Å². The maximum Gasteiger partial charge on any atom is 0.183 e. The van der Waals surface area contributed by atoms with Crippen molar-refractivity contribution in [3.05, 3.63) is 41.0 Å². The second kappa shape index (κ2) is 5.58. The molecule has 2 aromatic heterocycles. The number of anilines is 1. The summed E-state index contributed by atoms with van der Waals surface area (Å²) in [6, 6.07) is 8.62. The van der Waals surface area contributed by atoms with Crippen LogP contribution >= 0.6 is 0 Å². The molecule has 0 bridgehead atoms. The zero-order valence-electron chi connectivity index (χ0n) is 15.5. The lowest BCUT2D eigenvalue weighted by atomic mass is 9.72. The van der Waals surface area contributed by atoms with E-state index in [0.717, 1.165) is 29.6 Å². The fourth-order valence-corrected chi connectivity index (χ4v) is 4.12. The second-order valence-electron chi connectivity index (χ2n) is 8.34. The second-order valence-corrected chi connectivity index (χ2v) is 8.34. The van der Waals surface area contributed by atoms with Crippen LogP contribution in [0.4, 0.5) is 5.82 Å². The van der Waals surface area contributed by atoms with Gasteiger partial charge in [0.25, 0.3) is 0 Å². The van der Waals surface area contributed by atoms with Crippen LogP contribution in [0.15, 0.2) is 24.3 Å². The van der Waals surface area contributed by atoms with Crippen LogP contribution in [-0.2, 0) is 12.8 Å². The summed E-state index contributed by atoms with van der Waals surface area (Å²) in [5, 5.41) is 8.33. The van der Waals surface area contributed by atoms with E-state index in [1.807, 2.05) is 0 Å². The van der Waals surface area contributed by atoms with Crippen molar-refractivity contribution < 1.29 is 0 Å². The molecule has 25 heavy (non-hydrogen) atoms. The molecule has 1 aliphatic rings. The largest absolute Gasteiger partial charge is 0.384 e.